The summed E-state index contributed by atoms with van der Waals surface area (Å²) in [4.78, 5) is 95.8. The Morgan fingerprint density at radius 3 is 1.95 bits per heavy atom. The molecular weight excluding hydrogens is 1530 g/mol. The highest BCUT2D eigenvalue weighted by Crippen LogP contribution is 2.57. The zero-order chi connectivity index (χ0) is 81.9. The molecule has 0 aliphatic carbocycles. The van der Waals surface area contributed by atoms with Crippen LogP contribution < -0.4 is 58.0 Å². The van der Waals surface area contributed by atoms with Crippen LogP contribution in [0.4, 0.5) is 11.5 Å². The van der Waals surface area contributed by atoms with Gasteiger partial charge in [0.25, 0.3) is 15.6 Å². The number of carbonyl (C=O) groups excluding carboxylic acids is 2. The minimum Gasteiger partial charge on any atom is -0.790 e. The summed E-state index contributed by atoms with van der Waals surface area (Å²) in [5, 5.41) is 32.2. The number of hydrogen-bond donors (Lipinski definition) is 10. The van der Waals surface area contributed by atoms with Crippen LogP contribution in [0.5, 0.6) is 0 Å². The maximum absolute atomic E-state index is 12.5. The zero-order valence-electron chi connectivity index (χ0n) is 65.1. The van der Waals surface area contributed by atoms with E-state index in [0.717, 1.165) is 79.3 Å². The minimum absolute atomic E-state index is 0.0296. The number of thioether (sulfide) groups is 1. The Bertz CT molecular complexity index is 3900. The number of aliphatic hydroxyl groups is 2. The van der Waals surface area contributed by atoms with Gasteiger partial charge in [-0.2, -0.15) is 11.8 Å². The lowest BCUT2D eigenvalue weighted by atomic mass is 9.87. The largest absolute Gasteiger partial charge is 0.790 e. The van der Waals surface area contributed by atoms with Gasteiger partial charge in [-0.1, -0.05) is 158 Å². The molecule has 0 saturated carbocycles. The number of alkyl halides is 1. The van der Waals surface area contributed by atoms with Gasteiger partial charge in [0.05, 0.1) is 65.8 Å². The highest BCUT2D eigenvalue weighted by Gasteiger charge is 2.48. The molecular formula is C71H112ClN14O20P3S-4. The van der Waals surface area contributed by atoms with Crippen molar-refractivity contribution in [3.05, 3.63) is 114 Å². The molecule has 1 saturated heterocycles. The van der Waals surface area contributed by atoms with E-state index in [1.807, 2.05) is 20.8 Å². The normalized spacial score (nSPS) is 19.4. The van der Waals surface area contributed by atoms with Crippen LogP contribution in [0, 0.1) is 10.8 Å². The van der Waals surface area contributed by atoms with Crippen molar-refractivity contribution < 1.29 is 94.6 Å². The number of guanidine groups is 1. The van der Waals surface area contributed by atoms with E-state index in [-0.39, 0.29) is 51.3 Å². The van der Waals surface area contributed by atoms with Crippen LogP contribution in [0.2, 0.25) is 0 Å². The number of rotatable bonds is 36. The predicted octanol–water partition coefficient (Wildman–Crippen LogP) is 7.19. The summed E-state index contributed by atoms with van der Waals surface area (Å²) in [5.74, 6) is 1.60. The number of nitrogen functional groups attached to an aromatic ring is 1. The molecule has 618 valence electrons. The van der Waals surface area contributed by atoms with Gasteiger partial charge < -0.3 is 115 Å². The number of amidine groups is 1. The Balaban J connectivity index is 0.000000303. The van der Waals surface area contributed by atoms with Crippen molar-refractivity contribution in [3.63, 3.8) is 0 Å². The number of nitrogens with one attached hydrogen (secondary N) is 5. The van der Waals surface area contributed by atoms with Gasteiger partial charge in [-0.25, -0.2) is 29.2 Å². The van der Waals surface area contributed by atoms with Crippen molar-refractivity contribution in [1.82, 2.24) is 40.5 Å². The van der Waals surface area contributed by atoms with E-state index in [4.69, 9.17) is 52.5 Å². The third-order valence-corrected chi connectivity index (χ3v) is 20.8. The molecule has 5 aromatic rings. The molecule has 6 unspecified atom stereocenters. The number of aliphatic imine (C=N–C) groups is 2. The van der Waals surface area contributed by atoms with Crippen molar-refractivity contribution in [2.75, 3.05) is 75.4 Å². The van der Waals surface area contributed by atoms with Crippen molar-refractivity contribution in [3.8, 4) is 0 Å². The second-order valence-corrected chi connectivity index (χ2v) is 37.2. The van der Waals surface area contributed by atoms with E-state index in [2.05, 4.69) is 180 Å². The second kappa shape index (κ2) is 43.5. The van der Waals surface area contributed by atoms with Gasteiger partial charge in [-0.3, -0.25) is 23.3 Å². The maximum atomic E-state index is 12.5. The lowest BCUT2D eigenvalue weighted by Crippen LogP contribution is -2.46. The molecule has 8 rings (SSSR count). The number of pyridine rings is 1. The van der Waals surface area contributed by atoms with Gasteiger partial charge in [0.1, 0.15) is 41.5 Å². The van der Waals surface area contributed by atoms with Gasteiger partial charge in [0.15, 0.2) is 29.9 Å². The number of phosphoric acid groups is 3. The molecule has 9 atom stereocenters. The molecule has 3 aliphatic rings. The Labute approximate surface area is 653 Å². The number of phosphoric ester groups is 3. The molecule has 6 heterocycles. The average molecular weight is 1640 g/mol. The summed E-state index contributed by atoms with van der Waals surface area (Å²) in [6.45, 7) is 30.6. The zero-order valence-corrected chi connectivity index (χ0v) is 69.4. The molecule has 2 aromatic carbocycles. The van der Waals surface area contributed by atoms with E-state index >= 15 is 0 Å². The van der Waals surface area contributed by atoms with Crippen LogP contribution in [0.15, 0.2) is 95.7 Å². The van der Waals surface area contributed by atoms with Gasteiger partial charge in [0, 0.05) is 66.9 Å². The standard InChI is InChI=1S/C26H45N6O16P3S.C16H21N5O.C15H21N3O.C14H29ClO2/c1-25(2,3)52-11-10-28-17(33)7-9-30-23(36)21(35)26(4,5)13-45-51(42,43)48-50(40,41)44-12-16-20(47-49(37,38)39)19(34)24(46-16)32-14-31-18-15(27)6-8-29-22(18)32;1-16(2,3)11-6-4-10(5-7-11)8-22-14-12-13(19-9-18-12)20-15(17)21-14;1-15(2,3)12-6-4-11(5-7-12)10-19-14-17-9-8-13(16)18-14;1-14(2,3)8-11-17-13-12-16-10-7-5-4-6-9-15/h6,8,14,16,19-21,24,34-35H,7,9-13H2,1-5H3,(H2,27,29)(H,28,33)(H,30,36)(H,40,41)(H,42,43)(H2,37,38,39);4-7,9,14H,8H2,1-3H3,(H,18,19)(H3,17,20,21);4-9,14,17H,10H2,1-3H3,(H2,16,18);4-13H2,1-3H3/p-4/t16-,19+,20?,21?,24-;;;/m1.../s1. The van der Waals surface area contributed by atoms with Crippen LogP contribution in [0.25, 0.3) is 11.2 Å². The fourth-order valence-corrected chi connectivity index (χ4v) is 13.8. The Morgan fingerprint density at radius 2 is 1.36 bits per heavy atom. The molecule has 110 heavy (non-hydrogen) atoms. The summed E-state index contributed by atoms with van der Waals surface area (Å²) >= 11 is 7.25. The van der Waals surface area contributed by atoms with Crippen LogP contribution >= 0.6 is 46.8 Å². The number of aromatic amines is 1. The number of benzene rings is 2. The number of unbranched alkanes of at least 4 members (excludes halogenated alkanes) is 3. The Kier molecular flexibility index (Phi) is 37.4. The van der Waals surface area contributed by atoms with Crippen LogP contribution in [-0.2, 0) is 88.9 Å². The number of aliphatic hydroxyl groups excluding tert-OH is 2. The van der Waals surface area contributed by atoms with Gasteiger partial charge in [-0.05, 0) is 69.9 Å². The first-order valence-corrected chi connectivity index (χ1v) is 41.8. The number of fused-ring (bicyclic) bond motifs is 2. The highest BCUT2D eigenvalue weighted by molar-refractivity contribution is 8.00. The molecule has 3 aromatic heterocycles. The number of nitrogens with two attached hydrogens (primary N) is 3. The summed E-state index contributed by atoms with van der Waals surface area (Å²) in [7, 11) is -17.5. The molecule has 1 fully saturated rings. The molecule has 34 nitrogen and oxygen atoms in total. The topological polar surface area (TPSA) is 511 Å². The van der Waals surface area contributed by atoms with Gasteiger partial charge in [0.2, 0.25) is 18.2 Å². The first-order chi connectivity index (χ1) is 51.2. The molecule has 0 bridgehead atoms. The van der Waals surface area contributed by atoms with Crippen LogP contribution in [0.3, 0.4) is 0 Å². The number of halogens is 1. The summed E-state index contributed by atoms with van der Waals surface area (Å²) < 4.78 is 83.1. The summed E-state index contributed by atoms with van der Waals surface area (Å²) in [6, 6.07) is 18.3. The monoisotopic (exact) mass is 1640 g/mol. The third-order valence-electron chi connectivity index (χ3n) is 16.3. The summed E-state index contributed by atoms with van der Waals surface area (Å²) in [6.07, 6.45) is 2.99. The van der Waals surface area contributed by atoms with Crippen LogP contribution in [-0.4, -0.2) is 158 Å². The number of H-pyrrole nitrogens is 1. The minimum atomic E-state index is -5.88. The second-order valence-electron chi connectivity index (χ2n) is 30.8. The molecule has 0 radical (unpaired) electrons. The number of aromatic nitrogens is 5. The average Bonchev–Trinajstić information content (AvgIpc) is 1.61. The van der Waals surface area contributed by atoms with E-state index in [1.54, 1.807) is 30.4 Å². The third kappa shape index (κ3) is 34.8. The SMILES string of the molecule is CC(C)(C)CCOCCOCCCCCCCl.CC(C)(C)SCCNC(=O)CCNC(=O)C(O)C(C)(C)COP(=O)([O-])OP(=O)([O-])OC[C@H]1O[C@@H](n2cnc3c(N)ccnc32)[C@@H](O)C1OP(=O)([O-])[O-].CC(C)(C)c1ccc(COC2N=C(N)C=CN2)cc1.CC(C)(C)c1ccc(COC2N=C(N)Nc3nc[nH]c32)cc1. The number of hydrogen-bond acceptors (Lipinski definition) is 31. The maximum Gasteiger partial charge on any atom is 0.274 e. The fourth-order valence-electron chi connectivity index (χ4n) is 10.0. The predicted molar refractivity (Wildman–Crippen MR) is 414 cm³/mol. The Hall–Kier alpha value is -5.98. The van der Waals surface area contributed by atoms with Gasteiger partial charge >= 0.3 is 0 Å². The first kappa shape index (κ1) is 94.6. The van der Waals surface area contributed by atoms with Crippen molar-refractivity contribution in [2.24, 2.45) is 32.3 Å². The smallest absolute Gasteiger partial charge is 0.274 e. The number of imidazole rings is 2. The number of anilines is 2. The fraction of sp³-hybridized carbons (Fsp3) is 0.620. The van der Waals surface area contributed by atoms with Crippen molar-refractivity contribution >= 4 is 93.1 Å². The number of carbonyl (C=O) groups is 2. The van der Waals surface area contributed by atoms with E-state index in [1.165, 1.54) is 50.1 Å². The van der Waals surface area contributed by atoms with Crippen molar-refractivity contribution in [2.45, 2.75) is 207 Å². The molecule has 39 heteroatoms. The lowest BCUT2D eigenvalue weighted by Gasteiger charge is -2.36. The van der Waals surface area contributed by atoms with Crippen LogP contribution in [0.1, 0.15) is 176 Å². The first-order valence-electron chi connectivity index (χ1n) is 35.9. The molecule has 0 spiro atoms. The lowest BCUT2D eigenvalue weighted by molar-refractivity contribution is -0.347. The van der Waals surface area contributed by atoms with E-state index < -0.39 is 91.2 Å². The summed E-state index contributed by atoms with van der Waals surface area (Å²) in [5.41, 5.74) is 22.3. The number of ether oxygens (including phenoxy) is 5. The number of nitrogens with zero attached hydrogens (tertiary/aromatic N) is 6. The van der Waals surface area contributed by atoms with Crippen molar-refractivity contribution in [1.29, 1.82) is 0 Å². The Morgan fingerprint density at radius 1 is 0.755 bits per heavy atom. The van der Waals surface area contributed by atoms with Gasteiger partial charge in [-0.15, -0.1) is 11.6 Å². The molecule has 3 aliphatic heterocycles. The molecule has 2 amide bonds. The molecule has 13 N–H and O–H groups in total. The van der Waals surface area contributed by atoms with E-state index in [0.29, 0.717) is 48.5 Å². The van der Waals surface area contributed by atoms with E-state index in [9.17, 15) is 53.1 Å². The quantitative estimate of drug-likeness (QED) is 0.0108. The number of amides is 2. The highest BCUT2D eigenvalue weighted by atomic mass is 35.5.